The van der Waals surface area contributed by atoms with Crippen molar-refractivity contribution in [1.82, 2.24) is 19.8 Å². The van der Waals surface area contributed by atoms with Crippen molar-refractivity contribution in [3.8, 4) is 0 Å². The third kappa shape index (κ3) is 4.87. The zero-order chi connectivity index (χ0) is 17.6. The molecule has 0 aliphatic carbocycles. The zero-order valence-corrected chi connectivity index (χ0v) is 15.4. The molecular weight excluding hydrogens is 340 g/mol. The van der Waals surface area contributed by atoms with Crippen LogP contribution in [0.3, 0.4) is 0 Å². The van der Waals surface area contributed by atoms with Crippen molar-refractivity contribution in [3.05, 3.63) is 36.0 Å². The SMILES string of the molecule is CC(CNC(=O)c1ccc(CSc2nccn2C)o1)N1CCOCC1. The molecule has 0 radical (unpaired) electrons. The van der Waals surface area contributed by atoms with Crippen molar-refractivity contribution in [2.45, 2.75) is 23.9 Å². The van der Waals surface area contributed by atoms with Gasteiger partial charge in [0, 0.05) is 45.1 Å². The van der Waals surface area contributed by atoms with Crippen LogP contribution in [0.1, 0.15) is 23.2 Å². The molecule has 1 aliphatic heterocycles. The van der Waals surface area contributed by atoms with Gasteiger partial charge in [-0.1, -0.05) is 11.8 Å². The number of morpholine rings is 1. The molecule has 3 heterocycles. The predicted molar refractivity (Wildman–Crippen MR) is 95.7 cm³/mol. The molecule has 0 spiro atoms. The Balaban J connectivity index is 1.46. The first-order chi connectivity index (χ1) is 12.1. The number of nitrogens with zero attached hydrogens (tertiary/aromatic N) is 3. The third-order valence-corrected chi connectivity index (χ3v) is 5.31. The van der Waals surface area contributed by atoms with Crippen LogP contribution in [0.4, 0.5) is 0 Å². The van der Waals surface area contributed by atoms with Crippen LogP contribution in [0.25, 0.3) is 0 Å². The molecule has 1 amide bonds. The summed E-state index contributed by atoms with van der Waals surface area (Å²) in [5, 5.41) is 3.87. The van der Waals surface area contributed by atoms with Crippen LogP contribution in [0, 0.1) is 0 Å². The molecule has 1 atom stereocenters. The second-order valence-electron chi connectivity index (χ2n) is 6.08. The molecule has 1 N–H and O–H groups in total. The highest BCUT2D eigenvalue weighted by Gasteiger charge is 2.19. The lowest BCUT2D eigenvalue weighted by atomic mass is 10.2. The number of amides is 1. The second kappa shape index (κ2) is 8.55. The Labute approximate surface area is 151 Å². The number of furan rings is 1. The van der Waals surface area contributed by atoms with Gasteiger partial charge in [-0.25, -0.2) is 4.98 Å². The third-order valence-electron chi connectivity index (χ3n) is 4.23. The molecule has 1 aliphatic rings. The monoisotopic (exact) mass is 364 g/mol. The summed E-state index contributed by atoms with van der Waals surface area (Å²) in [5.41, 5.74) is 0. The van der Waals surface area contributed by atoms with Gasteiger partial charge in [0.05, 0.1) is 19.0 Å². The molecule has 2 aromatic heterocycles. The van der Waals surface area contributed by atoms with E-state index in [-0.39, 0.29) is 11.9 Å². The maximum atomic E-state index is 12.3. The number of hydrogen-bond acceptors (Lipinski definition) is 6. The van der Waals surface area contributed by atoms with Gasteiger partial charge < -0.3 is 19.0 Å². The van der Waals surface area contributed by atoms with Gasteiger partial charge in [0.2, 0.25) is 0 Å². The molecule has 2 aromatic rings. The van der Waals surface area contributed by atoms with Crippen molar-refractivity contribution in [2.75, 3.05) is 32.8 Å². The highest BCUT2D eigenvalue weighted by atomic mass is 32.2. The van der Waals surface area contributed by atoms with Crippen molar-refractivity contribution >= 4 is 17.7 Å². The number of ether oxygens (including phenoxy) is 1. The van der Waals surface area contributed by atoms with Gasteiger partial charge in [-0.2, -0.15) is 0 Å². The standard InChI is InChI=1S/C17H24N4O3S/c1-13(21-7-9-23-10-8-21)11-19-16(22)15-4-3-14(24-15)12-25-17-18-5-6-20(17)2/h3-6,13H,7-12H2,1-2H3,(H,19,22). The fraction of sp³-hybridized carbons (Fsp3) is 0.529. The molecule has 1 fully saturated rings. The number of thioether (sulfide) groups is 1. The summed E-state index contributed by atoms with van der Waals surface area (Å²) < 4.78 is 13.0. The van der Waals surface area contributed by atoms with E-state index in [0.29, 0.717) is 18.1 Å². The van der Waals surface area contributed by atoms with Crippen LogP contribution in [-0.2, 0) is 17.5 Å². The summed E-state index contributed by atoms with van der Waals surface area (Å²) >= 11 is 1.58. The minimum atomic E-state index is -0.173. The van der Waals surface area contributed by atoms with Gasteiger partial charge in [-0.05, 0) is 19.1 Å². The topological polar surface area (TPSA) is 72.5 Å². The van der Waals surface area contributed by atoms with Crippen LogP contribution >= 0.6 is 11.8 Å². The van der Waals surface area contributed by atoms with Gasteiger partial charge in [-0.15, -0.1) is 0 Å². The molecule has 3 rings (SSSR count). The first kappa shape index (κ1) is 18.0. The number of carbonyl (C=O) groups is 1. The second-order valence-corrected chi connectivity index (χ2v) is 7.03. The van der Waals surface area contributed by atoms with Crippen LogP contribution in [-0.4, -0.2) is 59.2 Å². The number of carbonyl (C=O) groups excluding carboxylic acids is 1. The largest absolute Gasteiger partial charge is 0.455 e. The number of nitrogens with one attached hydrogen (secondary N) is 1. The van der Waals surface area contributed by atoms with Crippen molar-refractivity contribution in [1.29, 1.82) is 0 Å². The average Bonchev–Trinajstić information content (AvgIpc) is 3.27. The smallest absolute Gasteiger partial charge is 0.287 e. The summed E-state index contributed by atoms with van der Waals surface area (Å²) in [6.07, 6.45) is 3.66. The number of hydrogen-bond donors (Lipinski definition) is 1. The fourth-order valence-electron chi connectivity index (χ4n) is 2.68. The minimum Gasteiger partial charge on any atom is -0.455 e. The quantitative estimate of drug-likeness (QED) is 0.755. The molecule has 0 aromatic carbocycles. The van der Waals surface area contributed by atoms with Crippen LogP contribution in [0.2, 0.25) is 0 Å². The van der Waals surface area contributed by atoms with Gasteiger partial charge >= 0.3 is 0 Å². The average molecular weight is 364 g/mol. The number of aromatic nitrogens is 2. The molecule has 8 heteroatoms. The Bertz CT molecular complexity index is 694. The van der Waals surface area contributed by atoms with Crippen LogP contribution in [0.5, 0.6) is 0 Å². The Hall–Kier alpha value is -1.77. The Morgan fingerprint density at radius 1 is 1.40 bits per heavy atom. The molecule has 0 bridgehead atoms. The Morgan fingerprint density at radius 3 is 2.92 bits per heavy atom. The van der Waals surface area contributed by atoms with E-state index >= 15 is 0 Å². The van der Waals surface area contributed by atoms with Crippen molar-refractivity contribution in [2.24, 2.45) is 7.05 Å². The van der Waals surface area contributed by atoms with Gasteiger partial charge in [0.25, 0.3) is 5.91 Å². The minimum absolute atomic E-state index is 0.173. The lowest BCUT2D eigenvalue weighted by Gasteiger charge is -2.32. The van der Waals surface area contributed by atoms with Gasteiger partial charge in [0.1, 0.15) is 5.76 Å². The highest BCUT2D eigenvalue weighted by molar-refractivity contribution is 7.98. The van der Waals surface area contributed by atoms with E-state index in [9.17, 15) is 4.79 Å². The normalized spacial score (nSPS) is 16.7. The van der Waals surface area contributed by atoms with E-state index in [1.807, 2.05) is 23.9 Å². The first-order valence-electron chi connectivity index (χ1n) is 8.42. The van der Waals surface area contributed by atoms with Crippen LogP contribution in [0.15, 0.2) is 34.1 Å². The van der Waals surface area contributed by atoms with E-state index < -0.39 is 0 Å². The fourth-order valence-corrected chi connectivity index (χ4v) is 3.51. The number of imidazole rings is 1. The van der Waals surface area contributed by atoms with E-state index in [1.165, 1.54) is 0 Å². The maximum absolute atomic E-state index is 12.3. The van der Waals surface area contributed by atoms with E-state index in [2.05, 4.69) is 22.1 Å². The molecule has 7 nitrogen and oxygen atoms in total. The molecule has 0 saturated carbocycles. The summed E-state index contributed by atoms with van der Waals surface area (Å²) in [6.45, 7) is 6.04. The van der Waals surface area contributed by atoms with Gasteiger partial charge in [0.15, 0.2) is 10.9 Å². The lowest BCUT2D eigenvalue weighted by Crippen LogP contribution is -2.47. The zero-order valence-electron chi connectivity index (χ0n) is 14.6. The lowest BCUT2D eigenvalue weighted by molar-refractivity contribution is 0.0203. The highest BCUT2D eigenvalue weighted by Crippen LogP contribution is 2.21. The summed E-state index contributed by atoms with van der Waals surface area (Å²) in [5.74, 6) is 1.58. The molecule has 25 heavy (non-hydrogen) atoms. The molecular formula is C17H24N4O3S. The van der Waals surface area contributed by atoms with Gasteiger partial charge in [-0.3, -0.25) is 9.69 Å². The predicted octanol–water partition coefficient (Wildman–Crippen LogP) is 1.76. The van der Waals surface area contributed by atoms with E-state index in [4.69, 9.17) is 9.15 Å². The number of rotatable bonds is 7. The van der Waals surface area contributed by atoms with Crippen LogP contribution < -0.4 is 5.32 Å². The van der Waals surface area contributed by atoms with E-state index in [0.717, 1.165) is 37.2 Å². The summed E-state index contributed by atoms with van der Waals surface area (Å²) in [7, 11) is 1.95. The Morgan fingerprint density at radius 2 is 2.20 bits per heavy atom. The van der Waals surface area contributed by atoms with E-state index in [1.54, 1.807) is 24.0 Å². The number of aryl methyl sites for hydroxylation is 1. The van der Waals surface area contributed by atoms with Crippen molar-refractivity contribution < 1.29 is 13.9 Å². The first-order valence-corrected chi connectivity index (χ1v) is 9.41. The Kier molecular flexibility index (Phi) is 6.17. The summed E-state index contributed by atoms with van der Waals surface area (Å²) in [4.78, 5) is 18.8. The molecule has 136 valence electrons. The molecule has 1 unspecified atom stereocenters. The summed E-state index contributed by atoms with van der Waals surface area (Å²) in [6, 6.07) is 3.85. The molecule has 1 saturated heterocycles. The maximum Gasteiger partial charge on any atom is 0.287 e. The van der Waals surface area contributed by atoms with Crippen molar-refractivity contribution in [3.63, 3.8) is 0 Å².